The third-order valence-corrected chi connectivity index (χ3v) is 9.89. The highest BCUT2D eigenvalue weighted by Gasteiger charge is 2.77. The van der Waals surface area contributed by atoms with Gasteiger partial charge in [0.1, 0.15) is 0 Å². The molecule has 0 radical (unpaired) electrons. The van der Waals surface area contributed by atoms with Gasteiger partial charge in [0.05, 0.1) is 41.7 Å². The van der Waals surface area contributed by atoms with Crippen LogP contribution in [-0.2, 0) is 28.7 Å². The Kier molecular flexibility index (Phi) is 5.93. The molecule has 0 spiro atoms. The van der Waals surface area contributed by atoms with E-state index in [1.807, 2.05) is 52.0 Å². The van der Waals surface area contributed by atoms with Crippen molar-refractivity contribution >= 4 is 41.0 Å². The summed E-state index contributed by atoms with van der Waals surface area (Å²) in [5.41, 5.74) is 3.68. The molecule has 6 atom stereocenters. The first kappa shape index (κ1) is 27.1. The average Bonchev–Trinajstić information content (AvgIpc) is 3.33. The molecular weight excluding hydrogens is 520 g/mol. The minimum Gasteiger partial charge on any atom is -0.463 e. The number of carbonyl (C=O) groups is 5. The monoisotopic (exact) mass is 554 g/mol. The number of esters is 1. The fourth-order valence-corrected chi connectivity index (χ4v) is 8.20. The van der Waals surface area contributed by atoms with Crippen molar-refractivity contribution in [3.05, 3.63) is 69.8 Å². The van der Waals surface area contributed by atoms with Gasteiger partial charge in [0.2, 0.25) is 23.6 Å². The van der Waals surface area contributed by atoms with Crippen molar-refractivity contribution < 1.29 is 28.7 Å². The van der Waals surface area contributed by atoms with E-state index >= 15 is 0 Å². The van der Waals surface area contributed by atoms with Crippen LogP contribution in [0.2, 0.25) is 0 Å². The van der Waals surface area contributed by atoms with Crippen LogP contribution in [0.4, 0.5) is 11.4 Å². The molecule has 3 aliphatic carbocycles. The lowest BCUT2D eigenvalue weighted by molar-refractivity contribution is -0.155. The number of hydrogen-bond donors (Lipinski definition) is 0. The maximum absolute atomic E-state index is 14.4. The standard InChI is InChI=1S/C33H34N2O6/c1-8-41-32(40)25-19(6)22-23-26(30(38)34(28(23)36)20-13-15(2)9-11-17(20)4)33(25,7)27-24(22)29(37)35(31(27)39)21-14-16(3)10-12-18(21)5/h9-14,22-24,26-27H,8H2,1-7H3/t22?,23-,24+,26+,27-,33?. The molecule has 2 saturated heterocycles. The molecule has 8 heteroatoms. The first-order valence-electron chi connectivity index (χ1n) is 14.1. The molecule has 41 heavy (non-hydrogen) atoms. The molecule has 2 heterocycles. The fraction of sp³-hybridized carbons (Fsp3) is 0.424. The lowest BCUT2D eigenvalue weighted by Crippen LogP contribution is -2.61. The van der Waals surface area contributed by atoms with E-state index in [4.69, 9.17) is 4.74 Å². The Balaban J connectivity index is 1.57. The van der Waals surface area contributed by atoms with Crippen LogP contribution in [-0.4, -0.2) is 36.2 Å². The van der Waals surface area contributed by atoms with Crippen LogP contribution in [0.1, 0.15) is 43.0 Å². The second-order valence-electron chi connectivity index (χ2n) is 12.2. The van der Waals surface area contributed by atoms with Crippen LogP contribution >= 0.6 is 0 Å². The van der Waals surface area contributed by atoms with Crippen LogP contribution in [0.3, 0.4) is 0 Å². The zero-order valence-corrected chi connectivity index (χ0v) is 24.4. The number of hydrogen-bond acceptors (Lipinski definition) is 6. The van der Waals surface area contributed by atoms with Crippen molar-refractivity contribution in [2.45, 2.75) is 48.5 Å². The summed E-state index contributed by atoms with van der Waals surface area (Å²) >= 11 is 0. The van der Waals surface area contributed by atoms with Crippen molar-refractivity contribution in [3.63, 3.8) is 0 Å². The number of allylic oxidation sites excluding steroid dienone is 1. The Bertz CT molecular complexity index is 1520. The van der Waals surface area contributed by atoms with Crippen molar-refractivity contribution in [2.75, 3.05) is 16.4 Å². The molecule has 2 aromatic rings. The Morgan fingerprint density at radius 3 is 1.59 bits per heavy atom. The van der Waals surface area contributed by atoms with Gasteiger partial charge in [0.25, 0.3) is 0 Å². The van der Waals surface area contributed by atoms with Gasteiger partial charge in [-0.3, -0.25) is 19.2 Å². The van der Waals surface area contributed by atoms with Crippen LogP contribution in [0, 0.1) is 62.7 Å². The second-order valence-corrected chi connectivity index (χ2v) is 12.2. The lowest BCUT2D eigenvalue weighted by atomic mass is 9.43. The average molecular weight is 555 g/mol. The third-order valence-electron chi connectivity index (χ3n) is 9.89. The predicted molar refractivity (Wildman–Crippen MR) is 152 cm³/mol. The highest BCUT2D eigenvalue weighted by atomic mass is 16.5. The maximum Gasteiger partial charge on any atom is 0.334 e. The smallest absolute Gasteiger partial charge is 0.334 e. The molecule has 2 bridgehead atoms. The predicted octanol–water partition coefficient (Wildman–Crippen LogP) is 4.36. The van der Waals surface area contributed by atoms with Gasteiger partial charge in [0, 0.05) is 16.9 Å². The Morgan fingerprint density at radius 1 is 0.732 bits per heavy atom. The summed E-state index contributed by atoms with van der Waals surface area (Å²) in [6.45, 7) is 12.7. The summed E-state index contributed by atoms with van der Waals surface area (Å²) < 4.78 is 5.47. The van der Waals surface area contributed by atoms with Gasteiger partial charge in [-0.25, -0.2) is 14.6 Å². The summed E-state index contributed by atoms with van der Waals surface area (Å²) in [7, 11) is 0. The number of amides is 4. The summed E-state index contributed by atoms with van der Waals surface area (Å²) in [4.78, 5) is 73.3. The number of carbonyl (C=O) groups excluding carboxylic acids is 5. The first-order chi connectivity index (χ1) is 19.4. The fourth-order valence-electron chi connectivity index (χ4n) is 8.20. The zero-order valence-electron chi connectivity index (χ0n) is 24.4. The molecule has 7 rings (SSSR count). The highest BCUT2D eigenvalue weighted by Crippen LogP contribution is 2.69. The van der Waals surface area contributed by atoms with E-state index in [0.29, 0.717) is 16.9 Å². The van der Waals surface area contributed by atoms with Gasteiger partial charge in [0.15, 0.2) is 0 Å². The lowest BCUT2D eigenvalue weighted by Gasteiger charge is -2.55. The summed E-state index contributed by atoms with van der Waals surface area (Å²) in [5, 5.41) is 0. The van der Waals surface area contributed by atoms with E-state index in [-0.39, 0.29) is 12.2 Å². The molecule has 0 N–H and O–H groups in total. The molecule has 4 amide bonds. The Labute approximate surface area is 239 Å². The van der Waals surface area contributed by atoms with Crippen LogP contribution < -0.4 is 9.80 Å². The van der Waals surface area contributed by atoms with E-state index in [2.05, 4.69) is 0 Å². The Hall–Kier alpha value is -4.07. The van der Waals surface area contributed by atoms with Gasteiger partial charge >= 0.3 is 5.97 Å². The summed E-state index contributed by atoms with van der Waals surface area (Å²) in [5.74, 6) is -6.79. The minimum absolute atomic E-state index is 0.113. The number of rotatable bonds is 4. The van der Waals surface area contributed by atoms with Gasteiger partial charge in [-0.1, -0.05) is 36.8 Å². The second kappa shape index (κ2) is 8.96. The molecule has 1 saturated carbocycles. The van der Waals surface area contributed by atoms with Crippen LogP contribution in [0.25, 0.3) is 0 Å². The van der Waals surface area contributed by atoms with E-state index in [9.17, 15) is 24.0 Å². The SMILES string of the molecule is CCOC(=O)C1=C(C)C2[C@H]3C(=O)N(c4cc(C)ccc4C)C(=O)[C@H]3C1(C)[C@H]1C(=O)N(c3cc(C)ccc3C)C(=O)[C@@H]21. The summed E-state index contributed by atoms with van der Waals surface area (Å²) in [6, 6.07) is 11.2. The quantitative estimate of drug-likeness (QED) is 0.411. The van der Waals surface area contributed by atoms with Gasteiger partial charge in [-0.05, 0) is 75.9 Å². The number of ether oxygens (including phenoxy) is 1. The number of imide groups is 2. The van der Waals surface area contributed by atoms with E-state index in [0.717, 1.165) is 22.3 Å². The van der Waals surface area contributed by atoms with E-state index in [1.165, 1.54) is 9.80 Å². The van der Waals surface area contributed by atoms with E-state index in [1.54, 1.807) is 32.9 Å². The maximum atomic E-state index is 14.4. The minimum atomic E-state index is -1.42. The van der Waals surface area contributed by atoms with Crippen molar-refractivity contribution in [1.82, 2.24) is 0 Å². The van der Waals surface area contributed by atoms with Gasteiger partial charge in [-0.2, -0.15) is 0 Å². The number of nitrogens with zero attached hydrogens (tertiary/aromatic N) is 2. The normalized spacial score (nSPS) is 30.4. The number of aryl methyl sites for hydroxylation is 4. The van der Waals surface area contributed by atoms with Crippen molar-refractivity contribution in [2.24, 2.45) is 35.0 Å². The summed E-state index contributed by atoms with van der Waals surface area (Å²) in [6.07, 6.45) is 0. The number of anilines is 2. The molecule has 2 unspecified atom stereocenters. The first-order valence-corrected chi connectivity index (χ1v) is 14.1. The van der Waals surface area contributed by atoms with Gasteiger partial charge < -0.3 is 4.74 Å². The topological polar surface area (TPSA) is 101 Å². The molecule has 3 fully saturated rings. The zero-order chi connectivity index (χ0) is 29.7. The molecule has 8 nitrogen and oxygen atoms in total. The molecule has 0 aromatic heterocycles. The number of benzene rings is 2. The molecule has 212 valence electrons. The largest absolute Gasteiger partial charge is 0.463 e. The Morgan fingerprint density at radius 2 is 1.17 bits per heavy atom. The van der Waals surface area contributed by atoms with Crippen LogP contribution in [0.5, 0.6) is 0 Å². The molecule has 5 aliphatic rings. The van der Waals surface area contributed by atoms with Crippen LogP contribution in [0.15, 0.2) is 47.5 Å². The van der Waals surface area contributed by atoms with Crippen molar-refractivity contribution in [3.8, 4) is 0 Å². The van der Waals surface area contributed by atoms with E-state index < -0.39 is 64.6 Å². The van der Waals surface area contributed by atoms with Gasteiger partial charge in [-0.15, -0.1) is 0 Å². The molecule has 2 aromatic carbocycles. The molecular formula is C33H34N2O6. The highest BCUT2D eigenvalue weighted by molar-refractivity contribution is 6.28. The van der Waals surface area contributed by atoms with Crippen molar-refractivity contribution in [1.29, 1.82) is 0 Å². The molecule has 2 aliphatic heterocycles. The third kappa shape index (κ3) is 3.36.